The van der Waals surface area contributed by atoms with Crippen LogP contribution in [0.4, 0.5) is 8.78 Å². The Morgan fingerprint density at radius 2 is 1.69 bits per heavy atom. The number of phenols is 1. The van der Waals surface area contributed by atoms with Crippen molar-refractivity contribution < 1.29 is 38.0 Å². The van der Waals surface area contributed by atoms with E-state index in [-0.39, 0.29) is 29.7 Å². The molecule has 0 aliphatic heterocycles. The van der Waals surface area contributed by atoms with Gasteiger partial charge >= 0.3 is 5.97 Å². The van der Waals surface area contributed by atoms with Gasteiger partial charge in [0.1, 0.15) is 11.4 Å². The molecular weight excluding hydrogens is 752 g/mol. The summed E-state index contributed by atoms with van der Waals surface area (Å²) in [5, 5.41) is 31.4. The number of aromatic hydroxyl groups is 1. The summed E-state index contributed by atoms with van der Waals surface area (Å²) < 4.78 is 50.2. The smallest absolute Gasteiger partial charge is 0.354 e. The number of nitrogens with zero attached hydrogens (tertiary/aromatic N) is 5. The van der Waals surface area contributed by atoms with Crippen molar-refractivity contribution in [2.45, 2.75) is 43.8 Å². The first-order chi connectivity index (χ1) is 26.5. The number of aromatic nitrogens is 5. The van der Waals surface area contributed by atoms with Gasteiger partial charge < -0.3 is 29.0 Å². The van der Waals surface area contributed by atoms with E-state index in [1.807, 2.05) is 48.6 Å². The maximum atomic E-state index is 14.5. The van der Waals surface area contributed by atoms with Gasteiger partial charge in [-0.15, -0.1) is 0 Å². The molecule has 11 nitrogen and oxygen atoms in total. The summed E-state index contributed by atoms with van der Waals surface area (Å²) in [4.78, 5) is 13.1. The Bertz CT molecular complexity index is 2360. The molecule has 0 atom stereocenters. The standard InChI is InChI=1S/C40H44ClF2N5O6S/c1-46-37-28(27(7-6-14-49)39(46)40(51)53-5)10-12-31(41)35(37)38-30(33(45-48(38)3)20-54-16-15-52-4)22-55-21-24-19-25(47(2)44-24)9-8-23-17-29-26(34(50)18-23)11-13-32(42)36(29)43/h10-13,17-19,49-50H,6-9,14-16,20-22H2,1-5H3. The van der Waals surface area contributed by atoms with E-state index in [0.29, 0.717) is 66.7 Å². The van der Waals surface area contributed by atoms with Crippen molar-refractivity contribution in [3.63, 3.8) is 0 Å². The third-order valence-corrected chi connectivity index (χ3v) is 11.1. The zero-order valence-electron chi connectivity index (χ0n) is 31.4. The van der Waals surface area contributed by atoms with Gasteiger partial charge in [-0.05, 0) is 73.2 Å². The van der Waals surface area contributed by atoms with E-state index in [9.17, 15) is 23.8 Å². The fourth-order valence-electron chi connectivity index (χ4n) is 7.17. The number of aliphatic hydroxyl groups excluding tert-OH is 1. The highest BCUT2D eigenvalue weighted by atomic mass is 35.5. The molecule has 55 heavy (non-hydrogen) atoms. The lowest BCUT2D eigenvalue weighted by molar-refractivity contribution is 0.0589. The van der Waals surface area contributed by atoms with Gasteiger partial charge in [-0.25, -0.2) is 13.6 Å². The average molecular weight is 796 g/mol. The third kappa shape index (κ3) is 8.24. The number of hydrogen-bond donors (Lipinski definition) is 2. The van der Waals surface area contributed by atoms with Crippen molar-refractivity contribution in [1.82, 2.24) is 24.1 Å². The molecule has 0 amide bonds. The van der Waals surface area contributed by atoms with Crippen molar-refractivity contribution in [1.29, 1.82) is 0 Å². The molecule has 3 aromatic carbocycles. The molecule has 0 bridgehead atoms. The Morgan fingerprint density at radius 3 is 2.44 bits per heavy atom. The molecule has 15 heteroatoms. The molecule has 0 saturated carbocycles. The third-order valence-electron chi connectivity index (χ3n) is 9.76. The zero-order valence-corrected chi connectivity index (χ0v) is 33.0. The van der Waals surface area contributed by atoms with Crippen molar-refractivity contribution in [2.75, 3.05) is 34.0 Å². The van der Waals surface area contributed by atoms with Crippen LogP contribution in [0.15, 0.2) is 42.5 Å². The van der Waals surface area contributed by atoms with Gasteiger partial charge in [0.25, 0.3) is 0 Å². The maximum absolute atomic E-state index is 14.5. The van der Waals surface area contributed by atoms with Crippen molar-refractivity contribution in [3.8, 4) is 17.0 Å². The van der Waals surface area contributed by atoms with Crippen molar-refractivity contribution in [2.24, 2.45) is 21.1 Å². The lowest BCUT2D eigenvalue weighted by Crippen LogP contribution is -2.11. The molecule has 0 aliphatic carbocycles. The first-order valence-electron chi connectivity index (χ1n) is 17.8. The number of hydrogen-bond acceptors (Lipinski definition) is 9. The second kappa shape index (κ2) is 17.5. The number of methoxy groups -OCH3 is 2. The Morgan fingerprint density at radius 1 is 0.909 bits per heavy atom. The summed E-state index contributed by atoms with van der Waals surface area (Å²) in [5.41, 5.74) is 7.60. The first kappa shape index (κ1) is 40.2. The lowest BCUT2D eigenvalue weighted by atomic mass is 10.00. The van der Waals surface area contributed by atoms with Crippen molar-refractivity contribution >= 4 is 51.0 Å². The number of aliphatic hydroxyl groups is 1. The second-order valence-corrected chi connectivity index (χ2v) is 14.7. The number of benzene rings is 3. The van der Waals surface area contributed by atoms with Crippen LogP contribution in [0.25, 0.3) is 32.9 Å². The van der Waals surface area contributed by atoms with Crippen LogP contribution in [-0.2, 0) is 72.7 Å². The van der Waals surface area contributed by atoms with Crippen LogP contribution in [-0.4, -0.2) is 74.4 Å². The molecule has 0 saturated heterocycles. The van der Waals surface area contributed by atoms with E-state index in [4.69, 9.17) is 36.0 Å². The molecule has 2 N–H and O–H groups in total. The topological polar surface area (TPSA) is 126 Å². The highest BCUT2D eigenvalue weighted by Crippen LogP contribution is 2.42. The van der Waals surface area contributed by atoms with Gasteiger partial charge in [-0.2, -0.15) is 22.0 Å². The van der Waals surface area contributed by atoms with Gasteiger partial charge in [-0.1, -0.05) is 17.7 Å². The number of ether oxygens (including phenoxy) is 3. The van der Waals surface area contributed by atoms with E-state index < -0.39 is 17.6 Å². The number of halogens is 3. The molecule has 0 fully saturated rings. The van der Waals surface area contributed by atoms with Crippen LogP contribution in [0.1, 0.15) is 50.7 Å². The van der Waals surface area contributed by atoms with Crippen LogP contribution in [0.3, 0.4) is 0 Å². The molecule has 0 aliphatic rings. The first-order valence-corrected chi connectivity index (χ1v) is 19.3. The number of aryl methyl sites for hydroxylation is 6. The van der Waals surface area contributed by atoms with Crippen LogP contribution < -0.4 is 0 Å². The summed E-state index contributed by atoms with van der Waals surface area (Å²) in [6.07, 6.45) is 2.00. The highest BCUT2D eigenvalue weighted by Gasteiger charge is 2.28. The molecule has 3 aromatic heterocycles. The quantitative estimate of drug-likeness (QED) is 0.0729. The minimum Gasteiger partial charge on any atom is -0.507 e. The lowest BCUT2D eigenvalue weighted by Gasteiger charge is -2.13. The predicted molar refractivity (Wildman–Crippen MR) is 210 cm³/mol. The van der Waals surface area contributed by atoms with Gasteiger partial charge in [0.2, 0.25) is 0 Å². The summed E-state index contributed by atoms with van der Waals surface area (Å²) in [6.45, 7) is 1.05. The van der Waals surface area contributed by atoms with Crippen molar-refractivity contribution in [3.05, 3.63) is 98.6 Å². The Hall–Kier alpha value is -4.47. The average Bonchev–Trinajstić information content (AvgIpc) is 3.78. The van der Waals surface area contributed by atoms with Crippen LogP contribution >= 0.6 is 23.4 Å². The largest absolute Gasteiger partial charge is 0.507 e. The molecule has 0 radical (unpaired) electrons. The number of fused-ring (bicyclic) bond motifs is 2. The van der Waals surface area contributed by atoms with E-state index >= 15 is 0 Å². The SMILES string of the molecule is COCCOCc1nn(C)c(-c2c(Cl)ccc3c(CCCO)c(C(=O)OC)n(C)c23)c1CSCc1cc(CCc2cc(O)c3ccc(F)c(F)c3c2)n(C)n1. The zero-order chi connectivity index (χ0) is 39.4. The number of rotatable bonds is 17. The van der Waals surface area contributed by atoms with E-state index in [2.05, 4.69) is 0 Å². The second-order valence-electron chi connectivity index (χ2n) is 13.3. The summed E-state index contributed by atoms with van der Waals surface area (Å²) in [5.74, 6) is -1.40. The molecule has 0 unspecified atom stereocenters. The fraction of sp³-hybridized carbons (Fsp3) is 0.375. The molecular formula is C40H44ClF2N5O6S. The Labute approximate surface area is 326 Å². The number of carbonyl (C=O) groups is 1. The number of esters is 1. The van der Waals surface area contributed by atoms with E-state index in [1.165, 1.54) is 13.2 Å². The Kier molecular flexibility index (Phi) is 12.8. The normalized spacial score (nSPS) is 11.7. The number of carbonyl (C=O) groups excluding carboxylic acids is 1. The predicted octanol–water partition coefficient (Wildman–Crippen LogP) is 7.20. The molecule has 292 valence electrons. The van der Waals surface area contributed by atoms with Gasteiger partial charge in [0, 0.05) is 79.3 Å². The van der Waals surface area contributed by atoms with Gasteiger partial charge in [-0.3, -0.25) is 9.36 Å². The van der Waals surface area contributed by atoms with Gasteiger partial charge in [0.05, 0.1) is 54.6 Å². The molecule has 6 rings (SSSR count). The number of thioether (sulfide) groups is 1. The molecule has 6 aromatic rings. The minimum atomic E-state index is -0.979. The monoisotopic (exact) mass is 795 g/mol. The van der Waals surface area contributed by atoms with Crippen LogP contribution in [0.2, 0.25) is 5.02 Å². The summed E-state index contributed by atoms with van der Waals surface area (Å²) in [6, 6.07) is 11.3. The fourth-order valence-corrected chi connectivity index (χ4v) is 8.37. The highest BCUT2D eigenvalue weighted by molar-refractivity contribution is 7.97. The maximum Gasteiger partial charge on any atom is 0.354 e. The van der Waals surface area contributed by atoms with Gasteiger partial charge in [0.15, 0.2) is 11.6 Å². The summed E-state index contributed by atoms with van der Waals surface area (Å²) >= 11 is 8.69. The van der Waals surface area contributed by atoms with Crippen LogP contribution in [0, 0.1) is 11.6 Å². The van der Waals surface area contributed by atoms with E-state index in [0.717, 1.165) is 56.4 Å². The Balaban J connectivity index is 1.29. The molecule has 3 heterocycles. The number of phenolic OH excluding ortho intramolecular Hbond substituents is 1. The minimum absolute atomic E-state index is 0.0245. The van der Waals surface area contributed by atoms with E-state index in [1.54, 1.807) is 35.7 Å². The summed E-state index contributed by atoms with van der Waals surface area (Å²) in [7, 11) is 8.51. The molecule has 0 spiro atoms. The van der Waals surface area contributed by atoms with Crippen LogP contribution in [0.5, 0.6) is 5.75 Å².